The predicted octanol–water partition coefficient (Wildman–Crippen LogP) is 2.38. The molecule has 0 atom stereocenters. The minimum Gasteiger partial charge on any atom is -0.355 e. The third-order valence-corrected chi connectivity index (χ3v) is 3.40. The van der Waals surface area contributed by atoms with Crippen LogP contribution in [0.25, 0.3) is 0 Å². The molecule has 1 aliphatic rings. The van der Waals surface area contributed by atoms with Gasteiger partial charge in [0.2, 0.25) is 0 Å². The summed E-state index contributed by atoms with van der Waals surface area (Å²) in [4.78, 5) is 11.0. The smallest absolute Gasteiger partial charge is 0.135 e. The maximum Gasteiger partial charge on any atom is 0.135 e. The summed E-state index contributed by atoms with van der Waals surface area (Å²) in [5, 5.41) is 4.69. The average Bonchev–Trinajstić information content (AvgIpc) is 3.13. The molecule has 0 N–H and O–H groups in total. The second-order valence-corrected chi connectivity index (χ2v) is 5.45. The van der Waals surface area contributed by atoms with Crippen LogP contribution in [0.15, 0.2) is 18.5 Å². The van der Waals surface area contributed by atoms with Gasteiger partial charge in [-0.3, -0.25) is 4.68 Å². The van der Waals surface area contributed by atoms with E-state index in [1.54, 1.807) is 4.68 Å². The molecule has 0 spiro atoms. The lowest BCUT2D eigenvalue weighted by molar-refractivity contribution is 0.766. The Balaban J connectivity index is 1.80. The zero-order valence-corrected chi connectivity index (χ0v) is 11.8. The van der Waals surface area contributed by atoms with Gasteiger partial charge in [0.15, 0.2) is 0 Å². The van der Waals surface area contributed by atoms with Crippen LogP contribution < -0.4 is 4.90 Å². The SMILES string of the molecule is CN(Cc1cnn(C)c1)c1cc(Cl)nc(C2CC2)n1. The second kappa shape index (κ2) is 4.81. The fourth-order valence-corrected chi connectivity index (χ4v) is 2.24. The van der Waals surface area contributed by atoms with Crippen molar-refractivity contribution >= 4 is 17.4 Å². The minimum absolute atomic E-state index is 0.504. The van der Waals surface area contributed by atoms with Gasteiger partial charge >= 0.3 is 0 Å². The van der Waals surface area contributed by atoms with E-state index in [0.29, 0.717) is 11.1 Å². The molecule has 6 heteroatoms. The first kappa shape index (κ1) is 12.4. The van der Waals surface area contributed by atoms with Gasteiger partial charge < -0.3 is 4.90 Å². The summed E-state index contributed by atoms with van der Waals surface area (Å²) in [6.45, 7) is 0.755. The van der Waals surface area contributed by atoms with E-state index in [2.05, 4.69) is 20.0 Å². The maximum absolute atomic E-state index is 6.08. The predicted molar refractivity (Wildman–Crippen MR) is 74.3 cm³/mol. The van der Waals surface area contributed by atoms with Crippen LogP contribution in [0.3, 0.4) is 0 Å². The fraction of sp³-hybridized carbons (Fsp3) is 0.462. The number of aromatic nitrogens is 4. The Morgan fingerprint density at radius 1 is 1.42 bits per heavy atom. The van der Waals surface area contributed by atoms with E-state index in [0.717, 1.165) is 23.8 Å². The van der Waals surface area contributed by atoms with E-state index in [-0.39, 0.29) is 0 Å². The standard InChI is InChI=1S/C13H16ClN5/c1-18(7-9-6-15-19(2)8-9)12-5-11(14)16-13(17-12)10-3-4-10/h5-6,8,10H,3-4,7H2,1-2H3. The summed E-state index contributed by atoms with van der Waals surface area (Å²) >= 11 is 6.08. The van der Waals surface area contributed by atoms with Crippen LogP contribution in [0.1, 0.15) is 30.1 Å². The Morgan fingerprint density at radius 2 is 2.21 bits per heavy atom. The normalized spacial score (nSPS) is 14.7. The van der Waals surface area contributed by atoms with Crippen LogP contribution in [0.4, 0.5) is 5.82 Å². The lowest BCUT2D eigenvalue weighted by Gasteiger charge is -2.18. The van der Waals surface area contributed by atoms with Crippen molar-refractivity contribution in [2.24, 2.45) is 7.05 Å². The van der Waals surface area contributed by atoms with Gasteiger partial charge in [0, 0.05) is 44.4 Å². The molecule has 2 aromatic rings. The number of anilines is 1. The van der Waals surface area contributed by atoms with Crippen molar-refractivity contribution in [1.82, 2.24) is 19.7 Å². The number of hydrogen-bond donors (Lipinski definition) is 0. The summed E-state index contributed by atoms with van der Waals surface area (Å²) in [7, 11) is 3.92. The number of nitrogens with zero attached hydrogens (tertiary/aromatic N) is 5. The highest BCUT2D eigenvalue weighted by atomic mass is 35.5. The van der Waals surface area contributed by atoms with Crippen molar-refractivity contribution in [3.63, 3.8) is 0 Å². The van der Waals surface area contributed by atoms with Gasteiger partial charge in [-0.25, -0.2) is 9.97 Å². The van der Waals surface area contributed by atoms with Gasteiger partial charge in [-0.05, 0) is 12.8 Å². The molecule has 100 valence electrons. The summed E-state index contributed by atoms with van der Waals surface area (Å²) in [5.41, 5.74) is 1.15. The van der Waals surface area contributed by atoms with Crippen molar-refractivity contribution in [2.75, 3.05) is 11.9 Å². The first-order chi connectivity index (χ1) is 9.11. The van der Waals surface area contributed by atoms with Crippen molar-refractivity contribution < 1.29 is 0 Å². The zero-order valence-electron chi connectivity index (χ0n) is 11.0. The highest BCUT2D eigenvalue weighted by Gasteiger charge is 2.27. The molecule has 1 aliphatic carbocycles. The molecule has 3 rings (SSSR count). The first-order valence-electron chi connectivity index (χ1n) is 6.35. The Bertz CT molecular complexity index is 590. The summed E-state index contributed by atoms with van der Waals surface area (Å²) in [6, 6.07) is 1.81. The van der Waals surface area contributed by atoms with Gasteiger partial charge in [0.05, 0.1) is 6.20 Å². The molecule has 0 bridgehead atoms. The van der Waals surface area contributed by atoms with Crippen LogP contribution in [0.5, 0.6) is 0 Å². The Labute approximate surface area is 117 Å². The van der Waals surface area contributed by atoms with E-state index >= 15 is 0 Å². The Hall–Kier alpha value is -1.62. The number of aryl methyl sites for hydroxylation is 1. The lowest BCUT2D eigenvalue weighted by Crippen LogP contribution is -2.18. The quantitative estimate of drug-likeness (QED) is 0.805. The molecule has 5 nitrogen and oxygen atoms in total. The van der Waals surface area contributed by atoms with Crippen molar-refractivity contribution in [2.45, 2.75) is 25.3 Å². The highest BCUT2D eigenvalue weighted by molar-refractivity contribution is 6.29. The van der Waals surface area contributed by atoms with E-state index in [4.69, 9.17) is 11.6 Å². The van der Waals surface area contributed by atoms with E-state index in [1.807, 2.05) is 32.6 Å². The molecule has 2 aromatic heterocycles. The van der Waals surface area contributed by atoms with Crippen LogP contribution in [-0.4, -0.2) is 26.8 Å². The molecule has 0 unspecified atom stereocenters. The number of hydrogen-bond acceptors (Lipinski definition) is 4. The van der Waals surface area contributed by atoms with Gasteiger partial charge in [0.25, 0.3) is 0 Å². The number of rotatable bonds is 4. The van der Waals surface area contributed by atoms with Gasteiger partial charge in [0.1, 0.15) is 16.8 Å². The molecule has 0 amide bonds. The van der Waals surface area contributed by atoms with Gasteiger partial charge in [-0.1, -0.05) is 11.6 Å². The largest absolute Gasteiger partial charge is 0.355 e. The van der Waals surface area contributed by atoms with Crippen LogP contribution in [0, 0.1) is 0 Å². The second-order valence-electron chi connectivity index (χ2n) is 5.06. The lowest BCUT2D eigenvalue weighted by atomic mass is 10.3. The fourth-order valence-electron chi connectivity index (χ4n) is 2.05. The average molecular weight is 278 g/mol. The van der Waals surface area contributed by atoms with E-state index < -0.39 is 0 Å². The molecule has 0 aliphatic heterocycles. The number of halogens is 1. The third kappa shape index (κ3) is 2.87. The molecule has 0 aromatic carbocycles. The molecular formula is C13H16ClN5. The van der Waals surface area contributed by atoms with Crippen molar-refractivity contribution in [3.8, 4) is 0 Å². The Morgan fingerprint density at radius 3 is 2.84 bits per heavy atom. The van der Waals surface area contributed by atoms with Crippen molar-refractivity contribution in [1.29, 1.82) is 0 Å². The van der Waals surface area contributed by atoms with Crippen LogP contribution in [-0.2, 0) is 13.6 Å². The molecule has 2 heterocycles. The van der Waals surface area contributed by atoms with Crippen LogP contribution >= 0.6 is 11.6 Å². The minimum atomic E-state index is 0.504. The molecule has 0 radical (unpaired) electrons. The maximum atomic E-state index is 6.08. The summed E-state index contributed by atoms with van der Waals surface area (Å²) in [5.74, 6) is 2.25. The Kier molecular flexibility index (Phi) is 3.14. The molecule has 0 saturated heterocycles. The third-order valence-electron chi connectivity index (χ3n) is 3.21. The summed E-state index contributed by atoms with van der Waals surface area (Å²) < 4.78 is 1.80. The van der Waals surface area contributed by atoms with Crippen molar-refractivity contribution in [3.05, 3.63) is 35.0 Å². The van der Waals surface area contributed by atoms with E-state index in [1.165, 1.54) is 12.8 Å². The van der Waals surface area contributed by atoms with E-state index in [9.17, 15) is 0 Å². The monoisotopic (exact) mass is 277 g/mol. The molecule has 19 heavy (non-hydrogen) atoms. The topological polar surface area (TPSA) is 46.8 Å². The molecular weight excluding hydrogens is 262 g/mol. The zero-order chi connectivity index (χ0) is 13.4. The molecule has 1 fully saturated rings. The molecule has 1 saturated carbocycles. The highest BCUT2D eigenvalue weighted by Crippen LogP contribution is 2.39. The van der Waals surface area contributed by atoms with Gasteiger partial charge in [-0.15, -0.1) is 0 Å². The summed E-state index contributed by atoms with van der Waals surface area (Å²) in [6.07, 6.45) is 6.21. The van der Waals surface area contributed by atoms with Crippen LogP contribution in [0.2, 0.25) is 5.15 Å². The van der Waals surface area contributed by atoms with Gasteiger partial charge in [-0.2, -0.15) is 5.10 Å². The first-order valence-corrected chi connectivity index (χ1v) is 6.73.